The Hall–Kier alpha value is -0.970. The number of carbonyl (C=O) groups excluding carboxylic acids is 1. The fourth-order valence-corrected chi connectivity index (χ4v) is 1.38. The molecule has 0 spiro atoms. The Morgan fingerprint density at radius 3 is 2.71 bits per heavy atom. The van der Waals surface area contributed by atoms with E-state index in [1.165, 1.54) is 0 Å². The first-order valence-corrected chi connectivity index (χ1v) is 5.88. The molecule has 0 aromatic heterocycles. The minimum absolute atomic E-state index is 0.0400. The molecule has 1 aromatic carbocycles. The lowest BCUT2D eigenvalue weighted by Crippen LogP contribution is -2.33. The van der Waals surface area contributed by atoms with Gasteiger partial charge in [0.2, 0.25) is 0 Å². The monoisotopic (exact) mass is 276 g/mol. The largest absolute Gasteiger partial charge is 0.484 e. The molecule has 0 saturated heterocycles. The van der Waals surface area contributed by atoms with Crippen LogP contribution in [0.5, 0.6) is 5.75 Å². The van der Waals surface area contributed by atoms with Gasteiger partial charge in [0.15, 0.2) is 6.61 Å². The average Bonchev–Trinajstić information content (AvgIpc) is 2.31. The first kappa shape index (κ1) is 14.1. The van der Waals surface area contributed by atoms with E-state index in [4.69, 9.17) is 27.9 Å². The van der Waals surface area contributed by atoms with Crippen LogP contribution in [-0.2, 0) is 4.79 Å². The summed E-state index contributed by atoms with van der Waals surface area (Å²) in [4.78, 5) is 11.3. The molecule has 6 heteroatoms. The van der Waals surface area contributed by atoms with Crippen LogP contribution in [0.1, 0.15) is 0 Å². The van der Waals surface area contributed by atoms with Crippen molar-refractivity contribution in [3.63, 3.8) is 0 Å². The van der Waals surface area contributed by atoms with E-state index in [2.05, 4.69) is 10.6 Å². The van der Waals surface area contributed by atoms with Crippen LogP contribution in [0.15, 0.2) is 18.2 Å². The predicted octanol–water partition coefficient (Wildman–Crippen LogP) is 1.71. The van der Waals surface area contributed by atoms with Crippen LogP contribution in [0, 0.1) is 0 Å². The molecule has 0 saturated carbocycles. The van der Waals surface area contributed by atoms with E-state index in [0.29, 0.717) is 22.3 Å². The smallest absolute Gasteiger partial charge is 0.257 e. The highest BCUT2D eigenvalue weighted by Crippen LogP contribution is 2.26. The summed E-state index contributed by atoms with van der Waals surface area (Å²) >= 11 is 11.6. The summed E-state index contributed by atoms with van der Waals surface area (Å²) in [7, 11) is 1.82. The van der Waals surface area contributed by atoms with Crippen molar-refractivity contribution in [2.75, 3.05) is 26.7 Å². The maximum absolute atomic E-state index is 11.3. The summed E-state index contributed by atoms with van der Waals surface area (Å²) in [5.74, 6) is 0.342. The van der Waals surface area contributed by atoms with Gasteiger partial charge >= 0.3 is 0 Å². The van der Waals surface area contributed by atoms with Gasteiger partial charge in [-0.2, -0.15) is 0 Å². The molecule has 17 heavy (non-hydrogen) atoms. The van der Waals surface area contributed by atoms with Crippen LogP contribution in [0.4, 0.5) is 0 Å². The zero-order valence-corrected chi connectivity index (χ0v) is 10.9. The highest BCUT2D eigenvalue weighted by Gasteiger charge is 2.04. The van der Waals surface area contributed by atoms with Crippen molar-refractivity contribution in [3.8, 4) is 5.75 Å². The summed E-state index contributed by atoms with van der Waals surface area (Å²) in [5, 5.41) is 6.48. The molecule has 0 atom stereocenters. The van der Waals surface area contributed by atoms with Gasteiger partial charge in [0, 0.05) is 19.2 Å². The molecule has 1 amide bonds. The van der Waals surface area contributed by atoms with Crippen molar-refractivity contribution in [1.82, 2.24) is 10.6 Å². The highest BCUT2D eigenvalue weighted by molar-refractivity contribution is 6.42. The van der Waals surface area contributed by atoms with Gasteiger partial charge in [-0.25, -0.2) is 0 Å². The number of hydrogen-bond donors (Lipinski definition) is 2. The second kappa shape index (κ2) is 7.37. The average molecular weight is 277 g/mol. The Bertz CT molecular complexity index is 386. The minimum Gasteiger partial charge on any atom is -0.484 e. The lowest BCUT2D eigenvalue weighted by molar-refractivity contribution is -0.123. The first-order chi connectivity index (χ1) is 8.13. The fraction of sp³-hybridized carbons (Fsp3) is 0.364. The Balaban J connectivity index is 2.34. The van der Waals surface area contributed by atoms with E-state index in [0.717, 1.165) is 6.54 Å². The topological polar surface area (TPSA) is 50.4 Å². The standard InChI is InChI=1S/C11H14Cl2N2O2/c1-14-4-5-15-11(16)7-17-8-2-3-9(12)10(13)6-8/h2-3,6,14H,4-5,7H2,1H3,(H,15,16). The van der Waals surface area contributed by atoms with Crippen molar-refractivity contribution < 1.29 is 9.53 Å². The molecule has 1 aromatic rings. The van der Waals surface area contributed by atoms with Gasteiger partial charge in [0.1, 0.15) is 5.75 Å². The van der Waals surface area contributed by atoms with Crippen molar-refractivity contribution in [2.45, 2.75) is 0 Å². The van der Waals surface area contributed by atoms with Crippen molar-refractivity contribution in [2.24, 2.45) is 0 Å². The second-order valence-corrected chi connectivity index (χ2v) is 4.13. The molecule has 94 valence electrons. The molecule has 2 N–H and O–H groups in total. The number of amides is 1. The molecule has 4 nitrogen and oxygen atoms in total. The third kappa shape index (κ3) is 5.26. The van der Waals surface area contributed by atoms with Gasteiger partial charge in [-0.05, 0) is 19.2 Å². The summed E-state index contributed by atoms with van der Waals surface area (Å²) in [6, 6.07) is 4.86. The number of rotatable bonds is 6. The first-order valence-electron chi connectivity index (χ1n) is 5.12. The minimum atomic E-state index is -0.175. The van der Waals surface area contributed by atoms with Crippen LogP contribution < -0.4 is 15.4 Å². The Morgan fingerprint density at radius 1 is 1.29 bits per heavy atom. The molecule has 0 bridgehead atoms. The lowest BCUT2D eigenvalue weighted by Gasteiger charge is -2.07. The summed E-state index contributed by atoms with van der Waals surface area (Å²) < 4.78 is 5.26. The van der Waals surface area contributed by atoms with Gasteiger partial charge in [0.05, 0.1) is 10.0 Å². The van der Waals surface area contributed by atoms with Crippen LogP contribution in [-0.4, -0.2) is 32.7 Å². The Morgan fingerprint density at radius 2 is 2.06 bits per heavy atom. The maximum Gasteiger partial charge on any atom is 0.257 e. The van der Waals surface area contributed by atoms with E-state index in [9.17, 15) is 4.79 Å². The molecule has 0 fully saturated rings. The highest BCUT2D eigenvalue weighted by atomic mass is 35.5. The van der Waals surface area contributed by atoms with Crippen molar-refractivity contribution in [1.29, 1.82) is 0 Å². The van der Waals surface area contributed by atoms with Gasteiger partial charge in [-0.1, -0.05) is 23.2 Å². The van der Waals surface area contributed by atoms with Crippen LogP contribution in [0.2, 0.25) is 10.0 Å². The summed E-state index contributed by atoms with van der Waals surface area (Å²) in [6.45, 7) is 1.25. The SMILES string of the molecule is CNCCNC(=O)COc1ccc(Cl)c(Cl)c1. The number of hydrogen-bond acceptors (Lipinski definition) is 3. The summed E-state index contributed by atoms with van der Waals surface area (Å²) in [6.07, 6.45) is 0. The third-order valence-corrected chi connectivity index (χ3v) is 2.70. The van der Waals surface area contributed by atoms with Crippen LogP contribution >= 0.6 is 23.2 Å². The number of carbonyl (C=O) groups is 1. The molecule has 0 radical (unpaired) electrons. The molecule has 0 aliphatic carbocycles. The molecule has 0 unspecified atom stereocenters. The number of nitrogens with one attached hydrogen (secondary N) is 2. The number of likely N-dealkylation sites (N-methyl/N-ethyl adjacent to an activating group) is 1. The molecule has 0 aliphatic rings. The van der Waals surface area contributed by atoms with E-state index in [1.54, 1.807) is 18.2 Å². The van der Waals surface area contributed by atoms with E-state index in [1.807, 2.05) is 7.05 Å². The zero-order valence-electron chi connectivity index (χ0n) is 9.43. The molecule has 0 heterocycles. The van der Waals surface area contributed by atoms with E-state index >= 15 is 0 Å². The zero-order chi connectivity index (χ0) is 12.7. The number of benzene rings is 1. The van der Waals surface area contributed by atoms with Gasteiger partial charge < -0.3 is 15.4 Å². The van der Waals surface area contributed by atoms with Gasteiger partial charge in [-0.3, -0.25) is 4.79 Å². The normalized spacial score (nSPS) is 10.1. The summed E-state index contributed by atoms with van der Waals surface area (Å²) in [5.41, 5.74) is 0. The third-order valence-electron chi connectivity index (χ3n) is 1.96. The molecular formula is C11H14Cl2N2O2. The Labute approximate surface area is 110 Å². The molecule has 0 aliphatic heterocycles. The van der Waals surface area contributed by atoms with Crippen molar-refractivity contribution >= 4 is 29.1 Å². The van der Waals surface area contributed by atoms with Crippen molar-refractivity contribution in [3.05, 3.63) is 28.2 Å². The quantitative estimate of drug-likeness (QED) is 0.778. The van der Waals surface area contributed by atoms with Crippen LogP contribution in [0.25, 0.3) is 0 Å². The Kier molecular flexibility index (Phi) is 6.11. The molecular weight excluding hydrogens is 263 g/mol. The second-order valence-electron chi connectivity index (χ2n) is 3.32. The van der Waals surface area contributed by atoms with Gasteiger partial charge in [-0.15, -0.1) is 0 Å². The lowest BCUT2D eigenvalue weighted by atomic mass is 10.3. The van der Waals surface area contributed by atoms with Crippen LogP contribution in [0.3, 0.4) is 0 Å². The van der Waals surface area contributed by atoms with E-state index < -0.39 is 0 Å². The number of ether oxygens (including phenoxy) is 1. The van der Waals surface area contributed by atoms with Gasteiger partial charge in [0.25, 0.3) is 5.91 Å². The number of halogens is 2. The predicted molar refractivity (Wildman–Crippen MR) is 68.9 cm³/mol. The van der Waals surface area contributed by atoms with E-state index in [-0.39, 0.29) is 12.5 Å². The fourth-order valence-electron chi connectivity index (χ4n) is 1.09. The maximum atomic E-state index is 11.3. The molecule has 1 rings (SSSR count).